The molecule has 1 fully saturated rings. The molecule has 0 spiro atoms. The van der Waals surface area contributed by atoms with Gasteiger partial charge in [-0.15, -0.1) is 0 Å². The lowest BCUT2D eigenvalue weighted by atomic mass is 9.95. The third-order valence-corrected chi connectivity index (χ3v) is 4.21. The van der Waals surface area contributed by atoms with Crippen molar-refractivity contribution < 1.29 is 4.74 Å². The summed E-state index contributed by atoms with van der Waals surface area (Å²) >= 11 is 0. The van der Waals surface area contributed by atoms with Crippen molar-refractivity contribution in [1.29, 1.82) is 0 Å². The molecule has 0 saturated carbocycles. The number of rotatable bonds is 5. The van der Waals surface area contributed by atoms with Gasteiger partial charge in [-0.2, -0.15) is 0 Å². The zero-order valence-electron chi connectivity index (χ0n) is 12.1. The molecule has 19 heavy (non-hydrogen) atoms. The lowest BCUT2D eigenvalue weighted by molar-refractivity contribution is 0.0179. The van der Waals surface area contributed by atoms with Crippen LogP contribution in [0.15, 0.2) is 24.3 Å². The van der Waals surface area contributed by atoms with Gasteiger partial charge in [0.1, 0.15) is 0 Å². The van der Waals surface area contributed by atoms with E-state index in [1.165, 1.54) is 17.5 Å². The summed E-state index contributed by atoms with van der Waals surface area (Å²) in [4.78, 5) is 2.43. The summed E-state index contributed by atoms with van der Waals surface area (Å²) in [5.41, 5.74) is 8.73. The summed E-state index contributed by atoms with van der Waals surface area (Å²) in [5, 5.41) is 0. The summed E-state index contributed by atoms with van der Waals surface area (Å²) in [6.45, 7) is 8.78. The SMILES string of the molecule is CCC(C)c1ccc(C(CN)N2CCOCC2)cc1. The van der Waals surface area contributed by atoms with Gasteiger partial charge in [0.15, 0.2) is 0 Å². The molecule has 0 radical (unpaired) electrons. The van der Waals surface area contributed by atoms with E-state index in [9.17, 15) is 0 Å². The Hall–Kier alpha value is -0.900. The topological polar surface area (TPSA) is 38.5 Å². The number of morpholine rings is 1. The Bertz CT molecular complexity index is 371. The van der Waals surface area contributed by atoms with Crippen molar-refractivity contribution in [2.75, 3.05) is 32.8 Å². The van der Waals surface area contributed by atoms with Gasteiger partial charge in [-0.25, -0.2) is 0 Å². The van der Waals surface area contributed by atoms with E-state index in [-0.39, 0.29) is 0 Å². The molecule has 1 aromatic carbocycles. The molecular weight excluding hydrogens is 236 g/mol. The molecule has 2 unspecified atom stereocenters. The minimum atomic E-state index is 0.329. The molecule has 3 nitrogen and oxygen atoms in total. The Morgan fingerprint density at radius 2 is 1.74 bits per heavy atom. The molecule has 0 aromatic heterocycles. The first-order chi connectivity index (χ1) is 9.26. The lowest BCUT2D eigenvalue weighted by Gasteiger charge is -2.34. The number of ether oxygens (including phenoxy) is 1. The summed E-state index contributed by atoms with van der Waals surface area (Å²) in [6.07, 6.45) is 1.18. The predicted molar refractivity (Wildman–Crippen MR) is 79.3 cm³/mol. The Morgan fingerprint density at radius 3 is 2.26 bits per heavy atom. The number of hydrogen-bond donors (Lipinski definition) is 1. The van der Waals surface area contributed by atoms with Crippen molar-refractivity contribution in [2.45, 2.75) is 32.2 Å². The van der Waals surface area contributed by atoms with E-state index < -0.39 is 0 Å². The van der Waals surface area contributed by atoms with Crippen LogP contribution >= 0.6 is 0 Å². The fraction of sp³-hybridized carbons (Fsp3) is 0.625. The quantitative estimate of drug-likeness (QED) is 0.886. The molecule has 0 amide bonds. The fourth-order valence-corrected chi connectivity index (χ4v) is 2.67. The van der Waals surface area contributed by atoms with Crippen molar-refractivity contribution in [3.05, 3.63) is 35.4 Å². The molecule has 0 bridgehead atoms. The Kier molecular flexibility index (Phi) is 5.37. The van der Waals surface area contributed by atoms with Crippen LogP contribution in [0, 0.1) is 0 Å². The van der Waals surface area contributed by atoms with E-state index >= 15 is 0 Å². The minimum absolute atomic E-state index is 0.329. The van der Waals surface area contributed by atoms with Gasteiger partial charge in [-0.05, 0) is 23.5 Å². The monoisotopic (exact) mass is 262 g/mol. The molecular formula is C16H26N2O. The molecule has 2 atom stereocenters. The highest BCUT2D eigenvalue weighted by Gasteiger charge is 2.21. The van der Waals surface area contributed by atoms with Gasteiger partial charge in [-0.1, -0.05) is 38.1 Å². The second-order valence-corrected chi connectivity index (χ2v) is 5.38. The third kappa shape index (κ3) is 3.56. The van der Waals surface area contributed by atoms with Crippen LogP contribution in [0.25, 0.3) is 0 Å². The fourth-order valence-electron chi connectivity index (χ4n) is 2.67. The highest BCUT2D eigenvalue weighted by atomic mass is 16.5. The van der Waals surface area contributed by atoms with Crippen molar-refractivity contribution in [1.82, 2.24) is 4.90 Å². The largest absolute Gasteiger partial charge is 0.379 e. The number of nitrogens with zero attached hydrogens (tertiary/aromatic N) is 1. The predicted octanol–water partition coefficient (Wildman–Crippen LogP) is 2.53. The van der Waals surface area contributed by atoms with E-state index in [0.717, 1.165) is 26.3 Å². The zero-order valence-corrected chi connectivity index (χ0v) is 12.1. The van der Waals surface area contributed by atoms with Gasteiger partial charge in [0.05, 0.1) is 13.2 Å². The summed E-state index contributed by atoms with van der Waals surface area (Å²) in [5.74, 6) is 0.633. The first-order valence-corrected chi connectivity index (χ1v) is 7.38. The third-order valence-electron chi connectivity index (χ3n) is 4.21. The van der Waals surface area contributed by atoms with Crippen LogP contribution in [0.5, 0.6) is 0 Å². The van der Waals surface area contributed by atoms with Crippen molar-refractivity contribution >= 4 is 0 Å². The highest BCUT2D eigenvalue weighted by Crippen LogP contribution is 2.24. The molecule has 1 heterocycles. The maximum absolute atomic E-state index is 5.98. The van der Waals surface area contributed by atoms with Crippen LogP contribution in [-0.4, -0.2) is 37.7 Å². The van der Waals surface area contributed by atoms with Gasteiger partial charge in [-0.3, -0.25) is 4.90 Å². The average molecular weight is 262 g/mol. The van der Waals surface area contributed by atoms with Gasteiger partial charge >= 0.3 is 0 Å². The molecule has 1 saturated heterocycles. The first-order valence-electron chi connectivity index (χ1n) is 7.38. The highest BCUT2D eigenvalue weighted by molar-refractivity contribution is 5.27. The average Bonchev–Trinajstić information content (AvgIpc) is 2.49. The molecule has 2 N–H and O–H groups in total. The van der Waals surface area contributed by atoms with Gasteiger partial charge in [0.2, 0.25) is 0 Å². The minimum Gasteiger partial charge on any atom is -0.379 e. The molecule has 106 valence electrons. The first kappa shape index (κ1) is 14.5. The number of nitrogens with two attached hydrogens (primary N) is 1. The van der Waals surface area contributed by atoms with Crippen molar-refractivity contribution in [2.24, 2.45) is 5.73 Å². The van der Waals surface area contributed by atoms with Crippen LogP contribution in [-0.2, 0) is 4.74 Å². The van der Waals surface area contributed by atoms with Crippen LogP contribution in [0.2, 0.25) is 0 Å². The normalized spacial score (nSPS) is 20.2. The second-order valence-electron chi connectivity index (χ2n) is 5.38. The molecule has 3 heteroatoms. The Morgan fingerprint density at radius 1 is 1.16 bits per heavy atom. The lowest BCUT2D eigenvalue weighted by Crippen LogP contribution is -2.41. The number of hydrogen-bond acceptors (Lipinski definition) is 3. The smallest absolute Gasteiger partial charge is 0.0594 e. The van der Waals surface area contributed by atoms with E-state index in [0.29, 0.717) is 18.5 Å². The van der Waals surface area contributed by atoms with Crippen molar-refractivity contribution in [3.63, 3.8) is 0 Å². The molecule has 1 aliphatic rings. The molecule has 2 rings (SSSR count). The standard InChI is InChI=1S/C16H26N2O/c1-3-13(2)14-4-6-15(7-5-14)16(12-17)18-8-10-19-11-9-18/h4-7,13,16H,3,8-12,17H2,1-2H3. The van der Waals surface area contributed by atoms with Crippen LogP contribution in [0.1, 0.15) is 43.4 Å². The maximum atomic E-state index is 5.98. The second kappa shape index (κ2) is 7.04. The maximum Gasteiger partial charge on any atom is 0.0594 e. The van der Waals surface area contributed by atoms with Gasteiger partial charge in [0.25, 0.3) is 0 Å². The van der Waals surface area contributed by atoms with E-state index in [1.54, 1.807) is 0 Å². The van der Waals surface area contributed by atoms with Gasteiger partial charge in [0, 0.05) is 25.7 Å². The van der Waals surface area contributed by atoms with Crippen LogP contribution in [0.3, 0.4) is 0 Å². The molecule has 1 aliphatic heterocycles. The summed E-state index contributed by atoms with van der Waals surface area (Å²) < 4.78 is 5.41. The van der Waals surface area contributed by atoms with Crippen molar-refractivity contribution in [3.8, 4) is 0 Å². The zero-order chi connectivity index (χ0) is 13.7. The Labute approximate surface area is 116 Å². The molecule has 1 aromatic rings. The van der Waals surface area contributed by atoms with E-state index in [4.69, 9.17) is 10.5 Å². The summed E-state index contributed by atoms with van der Waals surface area (Å²) in [7, 11) is 0. The summed E-state index contributed by atoms with van der Waals surface area (Å²) in [6, 6.07) is 9.33. The van der Waals surface area contributed by atoms with E-state index in [1.807, 2.05) is 0 Å². The van der Waals surface area contributed by atoms with Gasteiger partial charge < -0.3 is 10.5 Å². The Balaban J connectivity index is 2.09. The van der Waals surface area contributed by atoms with Crippen LogP contribution in [0.4, 0.5) is 0 Å². The molecule has 0 aliphatic carbocycles. The number of benzene rings is 1. The van der Waals surface area contributed by atoms with Crippen LogP contribution < -0.4 is 5.73 Å². The van der Waals surface area contributed by atoms with E-state index in [2.05, 4.69) is 43.0 Å².